The fraction of sp³-hybridized carbons (Fsp3) is 0.227. The van der Waals surface area contributed by atoms with Crippen molar-refractivity contribution >= 4 is 61.8 Å². The predicted molar refractivity (Wildman–Crippen MR) is 126 cm³/mol. The Kier molecular flexibility index (Phi) is 7.35. The third-order valence-corrected chi connectivity index (χ3v) is 5.29. The van der Waals surface area contributed by atoms with Crippen molar-refractivity contribution in [3.05, 3.63) is 63.7 Å². The molecular weight excluding hydrogens is 484 g/mol. The first-order chi connectivity index (χ1) is 14.7. The van der Waals surface area contributed by atoms with Crippen molar-refractivity contribution in [2.24, 2.45) is 5.92 Å². The van der Waals surface area contributed by atoms with E-state index in [1.54, 1.807) is 48.5 Å². The second kappa shape index (κ2) is 9.98. The average molecular weight is 506 g/mol. The van der Waals surface area contributed by atoms with Gasteiger partial charge in [0, 0.05) is 27.1 Å². The smallest absolute Gasteiger partial charge is 0.328 e. The monoisotopic (exact) mass is 504 g/mol. The van der Waals surface area contributed by atoms with Crippen molar-refractivity contribution in [2.75, 3.05) is 17.3 Å². The summed E-state index contributed by atoms with van der Waals surface area (Å²) in [4.78, 5) is 37.6. The predicted octanol–water partition coefficient (Wildman–Crippen LogP) is 4.54. The zero-order valence-corrected chi connectivity index (χ0v) is 19.4. The molecule has 9 heteroatoms. The normalized spacial score (nSPS) is 10.9. The minimum Gasteiger partial charge on any atom is -0.348 e. The number of carbonyl (C=O) groups excluding carboxylic acids is 3. The van der Waals surface area contributed by atoms with Crippen molar-refractivity contribution in [1.29, 1.82) is 0 Å². The average Bonchev–Trinajstić information content (AvgIpc) is 3.06. The number of nitrogens with zero attached hydrogens (tertiary/aromatic N) is 1. The Morgan fingerprint density at radius 2 is 1.74 bits per heavy atom. The first-order valence-corrected chi connectivity index (χ1v) is 10.9. The van der Waals surface area contributed by atoms with E-state index in [2.05, 4.69) is 32.0 Å². The number of aromatic nitrogens is 1. The molecule has 31 heavy (non-hydrogen) atoms. The van der Waals surface area contributed by atoms with Gasteiger partial charge in [-0.15, -0.1) is 0 Å². The van der Waals surface area contributed by atoms with E-state index >= 15 is 0 Å². The lowest BCUT2D eigenvalue weighted by atomic mass is 10.1. The number of halogens is 2. The Morgan fingerprint density at radius 3 is 2.42 bits per heavy atom. The molecule has 0 aliphatic rings. The number of nitrogens with one attached hydrogen (secondary N) is 3. The lowest BCUT2D eigenvalue weighted by Crippen LogP contribution is -2.40. The summed E-state index contributed by atoms with van der Waals surface area (Å²) in [6.07, 6.45) is 0.755. The van der Waals surface area contributed by atoms with Gasteiger partial charge in [0.2, 0.25) is 0 Å². The van der Waals surface area contributed by atoms with Gasteiger partial charge in [0.25, 0.3) is 5.91 Å². The van der Waals surface area contributed by atoms with Crippen LogP contribution in [0.1, 0.15) is 30.8 Å². The maximum absolute atomic E-state index is 12.9. The van der Waals surface area contributed by atoms with Crippen LogP contribution in [0.15, 0.2) is 53.0 Å². The molecule has 0 bridgehead atoms. The zero-order chi connectivity index (χ0) is 22.5. The Morgan fingerprint density at radius 1 is 1.03 bits per heavy atom. The fourth-order valence-corrected chi connectivity index (χ4v) is 3.35. The number of anilines is 1. The molecule has 3 rings (SSSR count). The number of carbonyl (C=O) groups is 3. The minimum absolute atomic E-state index is 0.156. The molecular formula is C22H22BrClN4O3. The number of hydrogen-bond acceptors (Lipinski definition) is 3. The highest BCUT2D eigenvalue weighted by Crippen LogP contribution is 2.24. The van der Waals surface area contributed by atoms with Gasteiger partial charge in [0.1, 0.15) is 5.69 Å². The van der Waals surface area contributed by atoms with Gasteiger partial charge in [0.15, 0.2) is 0 Å². The largest absolute Gasteiger partial charge is 0.348 e. The molecule has 7 nitrogen and oxygen atoms in total. The molecule has 162 valence electrons. The molecule has 3 aromatic rings. The molecule has 3 amide bonds. The van der Waals surface area contributed by atoms with Gasteiger partial charge in [0.05, 0.1) is 5.52 Å². The van der Waals surface area contributed by atoms with Crippen LogP contribution < -0.4 is 16.1 Å². The van der Waals surface area contributed by atoms with Crippen LogP contribution in [0, 0.1) is 5.92 Å². The summed E-state index contributed by atoms with van der Waals surface area (Å²) in [5.74, 6) is -1.68. The molecule has 0 saturated heterocycles. The molecule has 0 fully saturated rings. The van der Waals surface area contributed by atoms with E-state index in [-0.39, 0.29) is 5.69 Å². The lowest BCUT2D eigenvalue weighted by Gasteiger charge is -2.13. The molecule has 0 spiro atoms. The Hall–Kier alpha value is -2.84. The van der Waals surface area contributed by atoms with Gasteiger partial charge in [-0.05, 0) is 60.9 Å². The number of hydrogen-bond donors (Lipinski definition) is 3. The van der Waals surface area contributed by atoms with E-state index in [0.29, 0.717) is 34.1 Å². The van der Waals surface area contributed by atoms with Crippen molar-refractivity contribution < 1.29 is 14.4 Å². The molecule has 0 atom stereocenters. The van der Waals surface area contributed by atoms with Crippen LogP contribution in [0.25, 0.3) is 10.9 Å². The summed E-state index contributed by atoms with van der Waals surface area (Å²) in [5, 5.41) is 6.51. The molecule has 3 N–H and O–H groups in total. The maximum atomic E-state index is 12.9. The van der Waals surface area contributed by atoms with Gasteiger partial charge in [-0.3, -0.25) is 19.8 Å². The summed E-state index contributed by atoms with van der Waals surface area (Å²) in [6, 6.07) is 13.7. The highest BCUT2D eigenvalue weighted by molar-refractivity contribution is 9.10. The van der Waals surface area contributed by atoms with E-state index in [0.717, 1.165) is 10.9 Å². The van der Waals surface area contributed by atoms with E-state index in [4.69, 9.17) is 11.6 Å². The molecule has 0 radical (unpaired) electrons. The van der Waals surface area contributed by atoms with Crippen LogP contribution >= 0.6 is 27.5 Å². The zero-order valence-electron chi connectivity index (χ0n) is 17.0. The van der Waals surface area contributed by atoms with Gasteiger partial charge in [-0.25, -0.2) is 4.68 Å². The molecule has 2 aromatic carbocycles. The van der Waals surface area contributed by atoms with Crippen LogP contribution in [-0.2, 0) is 9.59 Å². The van der Waals surface area contributed by atoms with E-state index in [1.807, 2.05) is 13.8 Å². The van der Waals surface area contributed by atoms with Gasteiger partial charge >= 0.3 is 11.8 Å². The van der Waals surface area contributed by atoms with Crippen LogP contribution in [0.5, 0.6) is 0 Å². The van der Waals surface area contributed by atoms with Crippen molar-refractivity contribution in [3.63, 3.8) is 0 Å². The summed E-state index contributed by atoms with van der Waals surface area (Å²) < 4.78 is 2.18. The van der Waals surface area contributed by atoms with E-state index in [9.17, 15) is 14.4 Å². The standard InChI is InChI=1S/C22H22BrClN4O3/c1-13(2)9-10-25-21(30)22(31)27-28-18-8-5-16(24)11-14(18)12-19(28)20(29)26-17-6-3-15(23)4-7-17/h3-8,11-13H,9-10H2,1-2H3,(H,25,30)(H,26,29)(H,27,31). The molecule has 1 heterocycles. The van der Waals surface area contributed by atoms with Gasteiger partial charge in [-0.1, -0.05) is 41.4 Å². The number of fused-ring (bicyclic) bond motifs is 1. The number of amides is 3. The Balaban J connectivity index is 1.86. The molecule has 0 aliphatic heterocycles. The van der Waals surface area contributed by atoms with Crippen LogP contribution in [0.2, 0.25) is 5.02 Å². The first kappa shape index (κ1) is 22.8. The van der Waals surface area contributed by atoms with E-state index < -0.39 is 17.7 Å². The van der Waals surface area contributed by atoms with Crippen molar-refractivity contribution in [3.8, 4) is 0 Å². The second-order valence-corrected chi connectivity index (χ2v) is 8.76. The third kappa shape index (κ3) is 5.86. The van der Waals surface area contributed by atoms with Crippen molar-refractivity contribution in [1.82, 2.24) is 9.99 Å². The minimum atomic E-state index is -0.867. The van der Waals surface area contributed by atoms with E-state index in [1.165, 1.54) is 4.68 Å². The first-order valence-electron chi connectivity index (χ1n) is 9.71. The molecule has 0 saturated carbocycles. The summed E-state index contributed by atoms with van der Waals surface area (Å²) >= 11 is 9.43. The quantitative estimate of drug-likeness (QED) is 0.429. The fourth-order valence-electron chi connectivity index (χ4n) is 2.91. The van der Waals surface area contributed by atoms with Crippen LogP contribution in [-0.4, -0.2) is 28.9 Å². The summed E-state index contributed by atoms with van der Waals surface area (Å²) in [5.41, 5.74) is 3.80. The summed E-state index contributed by atoms with van der Waals surface area (Å²) in [7, 11) is 0. The number of rotatable bonds is 6. The van der Waals surface area contributed by atoms with Gasteiger partial charge in [-0.2, -0.15) is 0 Å². The Labute approximate surface area is 193 Å². The maximum Gasteiger partial charge on any atom is 0.328 e. The lowest BCUT2D eigenvalue weighted by molar-refractivity contribution is -0.136. The molecule has 0 unspecified atom stereocenters. The summed E-state index contributed by atoms with van der Waals surface area (Å²) in [6.45, 7) is 4.45. The highest BCUT2D eigenvalue weighted by atomic mass is 79.9. The number of benzene rings is 2. The SMILES string of the molecule is CC(C)CCNC(=O)C(=O)Nn1c(C(=O)Nc2ccc(Br)cc2)cc2cc(Cl)ccc21. The highest BCUT2D eigenvalue weighted by Gasteiger charge is 2.21. The molecule has 0 aliphatic carbocycles. The van der Waals surface area contributed by atoms with Gasteiger partial charge < -0.3 is 10.6 Å². The topological polar surface area (TPSA) is 92.2 Å². The Bertz CT molecular complexity index is 1130. The third-order valence-electron chi connectivity index (χ3n) is 4.53. The molecule has 1 aromatic heterocycles. The second-order valence-electron chi connectivity index (χ2n) is 7.41. The van der Waals surface area contributed by atoms with Crippen molar-refractivity contribution in [2.45, 2.75) is 20.3 Å². The van der Waals surface area contributed by atoms with Crippen LogP contribution in [0.3, 0.4) is 0 Å². The van der Waals surface area contributed by atoms with Crippen LogP contribution in [0.4, 0.5) is 5.69 Å².